The van der Waals surface area contributed by atoms with Gasteiger partial charge in [0.2, 0.25) is 0 Å². The van der Waals surface area contributed by atoms with Crippen molar-refractivity contribution in [1.29, 1.82) is 0 Å². The molecule has 1 aromatic rings. The predicted molar refractivity (Wildman–Crippen MR) is 53.8 cm³/mol. The maximum absolute atomic E-state index is 3.61. The van der Waals surface area contributed by atoms with Crippen LogP contribution < -0.4 is 5.32 Å². The van der Waals surface area contributed by atoms with Crippen molar-refractivity contribution in [2.75, 3.05) is 6.54 Å². The monoisotopic (exact) mass is 173 g/mol. The zero-order valence-electron chi connectivity index (χ0n) is 7.79. The van der Waals surface area contributed by atoms with Crippen LogP contribution in [0, 0.1) is 0 Å². The van der Waals surface area contributed by atoms with Crippen LogP contribution in [0.3, 0.4) is 0 Å². The summed E-state index contributed by atoms with van der Waals surface area (Å²) < 4.78 is 0. The lowest BCUT2D eigenvalue weighted by molar-refractivity contribution is 0.0673. The van der Waals surface area contributed by atoms with Crippen LogP contribution in [-0.2, 0) is 0 Å². The van der Waals surface area contributed by atoms with Crippen LogP contribution in [0.4, 0.5) is 0 Å². The smallest absolute Gasteiger partial charge is 0.0262 e. The molecule has 1 heteroatoms. The molecule has 1 N–H and O–H groups in total. The summed E-state index contributed by atoms with van der Waals surface area (Å²) in [7, 11) is 0. The van der Waals surface area contributed by atoms with E-state index in [0.29, 0.717) is 5.54 Å². The van der Waals surface area contributed by atoms with Crippen molar-refractivity contribution < 1.29 is 0 Å². The number of hydrogen-bond acceptors (Lipinski definition) is 1. The van der Waals surface area contributed by atoms with E-state index in [1.807, 2.05) is 0 Å². The average molecular weight is 173 g/mol. The summed E-state index contributed by atoms with van der Waals surface area (Å²) in [5.74, 6) is 0.794. The maximum atomic E-state index is 3.61. The van der Waals surface area contributed by atoms with Crippen LogP contribution in [0.15, 0.2) is 30.3 Å². The molecule has 2 aliphatic rings. The molecule has 0 amide bonds. The minimum atomic E-state index is 0.515. The van der Waals surface area contributed by atoms with Crippen molar-refractivity contribution in [1.82, 2.24) is 5.32 Å². The van der Waals surface area contributed by atoms with Gasteiger partial charge in [-0.2, -0.15) is 0 Å². The molecule has 1 atom stereocenters. The summed E-state index contributed by atoms with van der Waals surface area (Å²) in [5, 5.41) is 3.61. The molecule has 1 nitrogen and oxygen atoms in total. The van der Waals surface area contributed by atoms with Gasteiger partial charge in [0.05, 0.1) is 0 Å². The lowest BCUT2D eigenvalue weighted by Gasteiger charge is -2.57. The number of hydrogen-bond donors (Lipinski definition) is 1. The molecule has 0 bridgehead atoms. The van der Waals surface area contributed by atoms with Crippen LogP contribution in [-0.4, -0.2) is 12.1 Å². The van der Waals surface area contributed by atoms with Gasteiger partial charge in [-0.15, -0.1) is 0 Å². The van der Waals surface area contributed by atoms with Gasteiger partial charge in [0.25, 0.3) is 0 Å². The van der Waals surface area contributed by atoms with Gasteiger partial charge in [0.15, 0.2) is 0 Å². The molecule has 13 heavy (non-hydrogen) atoms. The van der Waals surface area contributed by atoms with E-state index in [-0.39, 0.29) is 0 Å². The summed E-state index contributed by atoms with van der Waals surface area (Å²) in [4.78, 5) is 0. The summed E-state index contributed by atoms with van der Waals surface area (Å²) >= 11 is 0. The maximum Gasteiger partial charge on any atom is 0.0262 e. The third-order valence-electron chi connectivity index (χ3n) is 3.77. The predicted octanol–water partition coefficient (Wildman–Crippen LogP) is 2.30. The molecule has 1 unspecified atom stereocenters. The van der Waals surface area contributed by atoms with Crippen molar-refractivity contribution in [3.8, 4) is 0 Å². The lowest BCUT2D eigenvalue weighted by atomic mass is 9.61. The summed E-state index contributed by atoms with van der Waals surface area (Å²) in [6, 6.07) is 10.9. The highest BCUT2D eigenvalue weighted by atomic mass is 15.1. The first kappa shape index (κ1) is 7.57. The lowest BCUT2D eigenvalue weighted by Crippen LogP contribution is -2.67. The average Bonchev–Trinajstić information content (AvgIpc) is 2.01. The molecule has 2 fully saturated rings. The number of nitrogens with one attached hydrogen (secondary N) is 1. The van der Waals surface area contributed by atoms with Crippen molar-refractivity contribution in [2.45, 2.75) is 30.7 Å². The van der Waals surface area contributed by atoms with Gasteiger partial charge in [0.1, 0.15) is 0 Å². The van der Waals surface area contributed by atoms with Crippen molar-refractivity contribution >= 4 is 0 Å². The van der Waals surface area contributed by atoms with E-state index < -0.39 is 0 Å². The second-order valence-corrected chi connectivity index (χ2v) is 4.35. The molecule has 1 aliphatic heterocycles. The molecule has 3 rings (SSSR count). The van der Waals surface area contributed by atoms with Crippen molar-refractivity contribution in [3.05, 3.63) is 35.9 Å². The third kappa shape index (κ3) is 0.969. The first-order chi connectivity index (χ1) is 6.41. The van der Waals surface area contributed by atoms with E-state index in [9.17, 15) is 0 Å². The highest BCUT2D eigenvalue weighted by Crippen LogP contribution is 2.48. The Bertz CT molecular complexity index is 295. The third-order valence-corrected chi connectivity index (χ3v) is 3.77. The highest BCUT2D eigenvalue weighted by molar-refractivity contribution is 5.30. The fourth-order valence-electron chi connectivity index (χ4n) is 2.70. The van der Waals surface area contributed by atoms with Crippen LogP contribution in [0.2, 0.25) is 0 Å². The standard InChI is InChI=1S/C12H15N/c1-2-5-10(6-3-1)11-9-13-12(11)7-4-8-12/h1-3,5-6,11,13H,4,7-9H2. The molecule has 1 aliphatic carbocycles. The van der Waals surface area contributed by atoms with Gasteiger partial charge in [-0.3, -0.25) is 0 Å². The summed E-state index contributed by atoms with van der Waals surface area (Å²) in [6.07, 6.45) is 4.18. The van der Waals surface area contributed by atoms with E-state index in [1.165, 1.54) is 31.4 Å². The van der Waals surface area contributed by atoms with Crippen molar-refractivity contribution in [3.63, 3.8) is 0 Å². The fourth-order valence-corrected chi connectivity index (χ4v) is 2.70. The largest absolute Gasteiger partial charge is 0.310 e. The first-order valence-corrected chi connectivity index (χ1v) is 5.21. The van der Waals surface area contributed by atoms with Gasteiger partial charge < -0.3 is 5.32 Å². The Morgan fingerprint density at radius 2 is 1.92 bits per heavy atom. The topological polar surface area (TPSA) is 12.0 Å². The molecule has 1 saturated heterocycles. The Kier molecular flexibility index (Phi) is 1.50. The zero-order valence-corrected chi connectivity index (χ0v) is 7.79. The molecule has 0 radical (unpaired) electrons. The number of benzene rings is 1. The summed E-state index contributed by atoms with van der Waals surface area (Å²) in [6.45, 7) is 1.18. The van der Waals surface area contributed by atoms with Gasteiger partial charge in [-0.1, -0.05) is 30.3 Å². The second kappa shape index (κ2) is 2.58. The quantitative estimate of drug-likeness (QED) is 0.687. The van der Waals surface area contributed by atoms with Gasteiger partial charge in [-0.25, -0.2) is 0 Å². The molecule has 1 aromatic carbocycles. The second-order valence-electron chi connectivity index (χ2n) is 4.35. The van der Waals surface area contributed by atoms with Crippen LogP contribution in [0.1, 0.15) is 30.7 Å². The Hall–Kier alpha value is -0.820. The van der Waals surface area contributed by atoms with E-state index in [0.717, 1.165) is 5.92 Å². The highest BCUT2D eigenvalue weighted by Gasteiger charge is 2.50. The molecule has 1 saturated carbocycles. The first-order valence-electron chi connectivity index (χ1n) is 5.21. The molecule has 1 heterocycles. The molecule has 1 spiro atoms. The zero-order chi connectivity index (χ0) is 8.73. The SMILES string of the molecule is c1ccc(C2CNC23CCC3)cc1. The van der Waals surface area contributed by atoms with E-state index in [2.05, 4.69) is 35.6 Å². The Morgan fingerprint density at radius 1 is 1.15 bits per heavy atom. The molecular formula is C12H15N. The molecular weight excluding hydrogens is 158 g/mol. The van der Waals surface area contributed by atoms with Gasteiger partial charge in [-0.05, 0) is 24.8 Å². The van der Waals surface area contributed by atoms with Gasteiger partial charge >= 0.3 is 0 Å². The summed E-state index contributed by atoms with van der Waals surface area (Å²) in [5.41, 5.74) is 2.04. The number of rotatable bonds is 1. The van der Waals surface area contributed by atoms with Crippen LogP contribution in [0.5, 0.6) is 0 Å². The minimum Gasteiger partial charge on any atom is -0.310 e. The Morgan fingerprint density at radius 3 is 2.38 bits per heavy atom. The minimum absolute atomic E-state index is 0.515. The molecule has 68 valence electrons. The van der Waals surface area contributed by atoms with Gasteiger partial charge in [0, 0.05) is 18.0 Å². The molecule has 0 aromatic heterocycles. The Labute approximate surface area is 79.2 Å². The van der Waals surface area contributed by atoms with Crippen molar-refractivity contribution in [2.24, 2.45) is 0 Å². The fraction of sp³-hybridized carbons (Fsp3) is 0.500. The normalized spacial score (nSPS) is 29.4. The Balaban J connectivity index is 1.87. The van der Waals surface area contributed by atoms with Crippen LogP contribution >= 0.6 is 0 Å². The van der Waals surface area contributed by atoms with Crippen LogP contribution in [0.25, 0.3) is 0 Å². The van der Waals surface area contributed by atoms with E-state index >= 15 is 0 Å². The van der Waals surface area contributed by atoms with E-state index in [1.54, 1.807) is 0 Å². The van der Waals surface area contributed by atoms with E-state index in [4.69, 9.17) is 0 Å².